The third kappa shape index (κ3) is 2.10. The Morgan fingerprint density at radius 1 is 1.16 bits per heavy atom. The van der Waals surface area contributed by atoms with E-state index in [0.29, 0.717) is 0 Å². The summed E-state index contributed by atoms with van der Waals surface area (Å²) in [6, 6.07) is 10.8. The molecule has 0 radical (unpaired) electrons. The lowest BCUT2D eigenvalue weighted by atomic mass is 10.1. The van der Waals surface area contributed by atoms with Crippen LogP contribution in [0.3, 0.4) is 0 Å². The van der Waals surface area contributed by atoms with Crippen LogP contribution in [-0.2, 0) is 6.42 Å². The van der Waals surface area contributed by atoms with Crippen molar-refractivity contribution in [1.29, 1.82) is 0 Å². The molecule has 2 aromatic carbocycles. The number of nitrogens with zero attached hydrogens (tertiary/aromatic N) is 1. The zero-order valence-electron chi connectivity index (χ0n) is 10.7. The van der Waals surface area contributed by atoms with Gasteiger partial charge in [0.15, 0.2) is 0 Å². The molecule has 0 unspecified atom stereocenters. The first kappa shape index (κ1) is 11.8. The fourth-order valence-electron chi connectivity index (χ4n) is 2.26. The fraction of sp³-hybridized carbons (Fsp3) is 0.200. The van der Waals surface area contributed by atoms with Crippen molar-refractivity contribution >= 4 is 17.1 Å². The molecule has 1 aliphatic heterocycles. The molecule has 0 saturated carbocycles. The summed E-state index contributed by atoms with van der Waals surface area (Å²) in [5.41, 5.74) is 8.63. The quantitative estimate of drug-likeness (QED) is 0.841. The molecule has 1 aliphatic rings. The smallest absolute Gasteiger partial charge is 0.148 e. The summed E-state index contributed by atoms with van der Waals surface area (Å²) in [6.07, 6.45) is 0.924. The van der Waals surface area contributed by atoms with Gasteiger partial charge in [0.05, 0.1) is 12.3 Å². The van der Waals surface area contributed by atoms with Gasteiger partial charge in [0.25, 0.3) is 0 Å². The van der Waals surface area contributed by atoms with Crippen LogP contribution in [0.1, 0.15) is 5.56 Å². The summed E-state index contributed by atoms with van der Waals surface area (Å²) >= 11 is 0. The Morgan fingerprint density at radius 3 is 2.68 bits per heavy atom. The van der Waals surface area contributed by atoms with E-state index in [1.54, 1.807) is 6.07 Å². The van der Waals surface area contributed by atoms with Crippen LogP contribution >= 0.6 is 0 Å². The van der Waals surface area contributed by atoms with Crippen molar-refractivity contribution < 1.29 is 9.13 Å². The molecule has 19 heavy (non-hydrogen) atoms. The summed E-state index contributed by atoms with van der Waals surface area (Å²) in [5, 5.41) is 0. The number of hydrogen-bond donors (Lipinski definition) is 1. The number of ether oxygens (including phenoxy) is 1. The summed E-state index contributed by atoms with van der Waals surface area (Å²) in [7, 11) is 1.91. The number of benzene rings is 2. The van der Waals surface area contributed by atoms with Gasteiger partial charge in [-0.1, -0.05) is 0 Å². The second kappa shape index (κ2) is 4.46. The van der Waals surface area contributed by atoms with E-state index in [-0.39, 0.29) is 5.69 Å². The predicted octanol–water partition coefficient (Wildman–Crippen LogP) is 3.11. The highest BCUT2D eigenvalue weighted by molar-refractivity contribution is 5.66. The fourth-order valence-corrected chi connectivity index (χ4v) is 2.26. The topological polar surface area (TPSA) is 38.5 Å². The Kier molecular flexibility index (Phi) is 2.78. The van der Waals surface area contributed by atoms with E-state index in [4.69, 9.17) is 10.5 Å². The van der Waals surface area contributed by atoms with Crippen LogP contribution in [-0.4, -0.2) is 13.7 Å². The third-order valence-electron chi connectivity index (χ3n) is 3.43. The van der Waals surface area contributed by atoms with Crippen LogP contribution in [0.15, 0.2) is 36.4 Å². The number of nitrogens with two attached hydrogens (primary N) is 1. The number of nitrogen functional groups attached to an aromatic ring is 1. The van der Waals surface area contributed by atoms with Crippen LogP contribution in [0.25, 0.3) is 0 Å². The van der Waals surface area contributed by atoms with E-state index in [1.807, 2.05) is 30.1 Å². The van der Waals surface area contributed by atoms with Gasteiger partial charge >= 0.3 is 0 Å². The number of rotatable bonds is 2. The maximum atomic E-state index is 13.5. The minimum absolute atomic E-state index is 0.166. The average molecular weight is 258 g/mol. The first-order chi connectivity index (χ1) is 9.15. The molecule has 3 nitrogen and oxygen atoms in total. The zero-order chi connectivity index (χ0) is 13.4. The Bertz CT molecular complexity index is 628. The van der Waals surface area contributed by atoms with Gasteiger partial charge in [0.2, 0.25) is 0 Å². The molecule has 98 valence electrons. The lowest BCUT2D eigenvalue weighted by Crippen LogP contribution is -2.10. The normalized spacial score (nSPS) is 12.9. The van der Waals surface area contributed by atoms with Gasteiger partial charge in [-0.15, -0.1) is 0 Å². The maximum absolute atomic E-state index is 13.5. The zero-order valence-corrected chi connectivity index (χ0v) is 10.7. The van der Waals surface area contributed by atoms with Crippen LogP contribution in [0.5, 0.6) is 5.75 Å². The van der Waals surface area contributed by atoms with Gasteiger partial charge in [-0.25, -0.2) is 4.39 Å². The van der Waals surface area contributed by atoms with E-state index in [1.165, 1.54) is 11.6 Å². The summed E-state index contributed by atoms with van der Waals surface area (Å²) < 4.78 is 19.0. The van der Waals surface area contributed by atoms with Crippen LogP contribution in [0.2, 0.25) is 0 Å². The number of fused-ring (bicyclic) bond motifs is 1. The molecule has 0 fully saturated rings. The highest BCUT2D eigenvalue weighted by Crippen LogP contribution is 2.32. The molecule has 0 spiro atoms. The SMILES string of the molecule is CN(c1ccc(N)c(F)c1)c1ccc2c(c1)CCO2. The van der Waals surface area contributed by atoms with Crippen molar-refractivity contribution in [3.05, 3.63) is 47.8 Å². The number of hydrogen-bond acceptors (Lipinski definition) is 3. The highest BCUT2D eigenvalue weighted by Gasteiger charge is 2.14. The van der Waals surface area contributed by atoms with Crippen molar-refractivity contribution in [2.75, 3.05) is 24.3 Å². The molecule has 4 heteroatoms. The van der Waals surface area contributed by atoms with Crippen molar-refractivity contribution in [1.82, 2.24) is 0 Å². The molecule has 0 saturated heterocycles. The molecule has 1 heterocycles. The van der Waals surface area contributed by atoms with Gasteiger partial charge in [-0.05, 0) is 42.0 Å². The van der Waals surface area contributed by atoms with E-state index in [2.05, 4.69) is 6.07 Å². The summed E-state index contributed by atoms with van der Waals surface area (Å²) in [4.78, 5) is 1.93. The highest BCUT2D eigenvalue weighted by atomic mass is 19.1. The first-order valence-corrected chi connectivity index (χ1v) is 6.19. The lowest BCUT2D eigenvalue weighted by molar-refractivity contribution is 0.357. The minimum atomic E-state index is -0.395. The van der Waals surface area contributed by atoms with Gasteiger partial charge in [-0.2, -0.15) is 0 Å². The monoisotopic (exact) mass is 258 g/mol. The number of halogens is 1. The molecule has 0 amide bonds. The summed E-state index contributed by atoms with van der Waals surface area (Å²) in [6.45, 7) is 0.735. The van der Waals surface area contributed by atoms with Crippen molar-refractivity contribution in [2.24, 2.45) is 0 Å². The van der Waals surface area contributed by atoms with Crippen LogP contribution in [0, 0.1) is 5.82 Å². The third-order valence-corrected chi connectivity index (χ3v) is 3.43. The molecule has 0 aliphatic carbocycles. The lowest BCUT2D eigenvalue weighted by Gasteiger charge is -2.20. The van der Waals surface area contributed by atoms with Gasteiger partial charge in [-0.3, -0.25) is 0 Å². The van der Waals surface area contributed by atoms with E-state index in [9.17, 15) is 4.39 Å². The molecule has 2 N–H and O–H groups in total. The standard InChI is InChI=1S/C15H15FN2O/c1-18(12-2-4-14(17)13(16)9-12)11-3-5-15-10(8-11)6-7-19-15/h2-5,8-9H,6-7,17H2,1H3. The van der Waals surface area contributed by atoms with E-state index < -0.39 is 5.82 Å². The van der Waals surface area contributed by atoms with Gasteiger partial charge < -0.3 is 15.4 Å². The molecule has 2 aromatic rings. The summed E-state index contributed by atoms with van der Waals surface area (Å²) in [5.74, 6) is 0.550. The minimum Gasteiger partial charge on any atom is -0.493 e. The molecule has 0 bridgehead atoms. The Morgan fingerprint density at radius 2 is 1.89 bits per heavy atom. The second-order valence-corrected chi connectivity index (χ2v) is 4.66. The van der Waals surface area contributed by atoms with Crippen molar-refractivity contribution in [3.8, 4) is 5.75 Å². The van der Waals surface area contributed by atoms with Crippen LogP contribution < -0.4 is 15.4 Å². The van der Waals surface area contributed by atoms with E-state index in [0.717, 1.165) is 30.2 Å². The molecule has 3 rings (SSSR count). The largest absolute Gasteiger partial charge is 0.493 e. The van der Waals surface area contributed by atoms with Crippen LogP contribution in [0.4, 0.5) is 21.5 Å². The molecule has 0 atom stereocenters. The molecular formula is C15H15FN2O. The van der Waals surface area contributed by atoms with Crippen molar-refractivity contribution in [2.45, 2.75) is 6.42 Å². The Hall–Kier alpha value is -2.23. The average Bonchev–Trinajstić information content (AvgIpc) is 2.88. The number of anilines is 3. The first-order valence-electron chi connectivity index (χ1n) is 6.19. The van der Waals surface area contributed by atoms with Gasteiger partial charge in [0.1, 0.15) is 11.6 Å². The second-order valence-electron chi connectivity index (χ2n) is 4.66. The van der Waals surface area contributed by atoms with Gasteiger partial charge in [0, 0.05) is 24.8 Å². The predicted molar refractivity (Wildman–Crippen MR) is 74.5 cm³/mol. The molecule has 0 aromatic heterocycles. The Balaban J connectivity index is 1.94. The maximum Gasteiger partial charge on any atom is 0.148 e. The van der Waals surface area contributed by atoms with E-state index >= 15 is 0 Å². The van der Waals surface area contributed by atoms with Crippen molar-refractivity contribution in [3.63, 3.8) is 0 Å². The Labute approximate surface area is 111 Å². The molecular weight excluding hydrogens is 243 g/mol.